The molecular formula is C17H19FN2O2S. The molecule has 23 heavy (non-hydrogen) atoms. The van der Waals surface area contributed by atoms with Crippen molar-refractivity contribution in [2.24, 2.45) is 0 Å². The third-order valence-electron chi connectivity index (χ3n) is 4.13. The molecule has 122 valence electrons. The van der Waals surface area contributed by atoms with Gasteiger partial charge in [0.2, 0.25) is 0 Å². The molecule has 1 heterocycles. The van der Waals surface area contributed by atoms with Gasteiger partial charge in [-0.15, -0.1) is 11.3 Å². The quantitative estimate of drug-likeness (QED) is 0.905. The van der Waals surface area contributed by atoms with Gasteiger partial charge in [-0.05, 0) is 56.9 Å². The number of benzene rings is 1. The van der Waals surface area contributed by atoms with Gasteiger partial charge in [0, 0.05) is 11.6 Å². The lowest BCUT2D eigenvalue weighted by Gasteiger charge is -2.25. The average Bonchev–Trinajstić information content (AvgIpc) is 2.92. The molecule has 2 aromatic rings. The van der Waals surface area contributed by atoms with E-state index in [2.05, 4.69) is 10.3 Å². The summed E-state index contributed by atoms with van der Waals surface area (Å²) in [5.41, 5.74) is 1.49. The second-order valence-electron chi connectivity index (χ2n) is 5.92. The minimum atomic E-state index is -0.292. The summed E-state index contributed by atoms with van der Waals surface area (Å²) in [5, 5.41) is 13.3. The molecule has 1 saturated carbocycles. The van der Waals surface area contributed by atoms with Gasteiger partial charge >= 0.3 is 0 Å². The molecule has 1 fully saturated rings. The van der Waals surface area contributed by atoms with Gasteiger partial charge in [-0.3, -0.25) is 4.79 Å². The molecule has 2 N–H and O–H groups in total. The lowest BCUT2D eigenvalue weighted by atomic mass is 9.93. The van der Waals surface area contributed by atoms with E-state index < -0.39 is 0 Å². The Labute approximate surface area is 138 Å². The van der Waals surface area contributed by atoms with E-state index >= 15 is 0 Å². The number of rotatable bonds is 3. The van der Waals surface area contributed by atoms with Crippen molar-refractivity contribution in [1.29, 1.82) is 0 Å². The second kappa shape index (κ2) is 6.76. The molecule has 0 radical (unpaired) electrons. The summed E-state index contributed by atoms with van der Waals surface area (Å²) in [7, 11) is 0. The van der Waals surface area contributed by atoms with Crippen LogP contribution in [0.3, 0.4) is 0 Å². The third-order valence-corrected chi connectivity index (χ3v) is 5.33. The summed E-state index contributed by atoms with van der Waals surface area (Å²) in [6, 6.07) is 6.22. The number of aliphatic hydroxyl groups is 1. The van der Waals surface area contributed by atoms with Crippen LogP contribution in [-0.4, -0.2) is 28.1 Å². The molecule has 4 nitrogen and oxygen atoms in total. The number of hydrogen-bond acceptors (Lipinski definition) is 4. The van der Waals surface area contributed by atoms with Crippen LogP contribution in [0, 0.1) is 12.7 Å². The van der Waals surface area contributed by atoms with Gasteiger partial charge in [0.05, 0.1) is 11.8 Å². The van der Waals surface area contributed by atoms with Crippen LogP contribution in [0.1, 0.15) is 41.0 Å². The van der Waals surface area contributed by atoms with Crippen molar-refractivity contribution in [3.63, 3.8) is 0 Å². The highest BCUT2D eigenvalue weighted by Crippen LogP contribution is 2.28. The largest absolute Gasteiger partial charge is 0.393 e. The van der Waals surface area contributed by atoms with Gasteiger partial charge < -0.3 is 10.4 Å². The summed E-state index contributed by atoms with van der Waals surface area (Å²) < 4.78 is 13.0. The van der Waals surface area contributed by atoms with E-state index in [-0.39, 0.29) is 23.9 Å². The molecule has 0 saturated heterocycles. The van der Waals surface area contributed by atoms with Crippen molar-refractivity contribution in [3.05, 3.63) is 40.7 Å². The predicted molar refractivity (Wildman–Crippen MR) is 88.0 cm³/mol. The van der Waals surface area contributed by atoms with Crippen molar-refractivity contribution in [2.45, 2.75) is 44.8 Å². The Kier molecular flexibility index (Phi) is 4.73. The molecule has 1 aromatic carbocycles. The second-order valence-corrected chi connectivity index (χ2v) is 6.92. The van der Waals surface area contributed by atoms with Crippen molar-refractivity contribution < 1.29 is 14.3 Å². The summed E-state index contributed by atoms with van der Waals surface area (Å²) >= 11 is 1.32. The topological polar surface area (TPSA) is 62.2 Å². The first-order chi connectivity index (χ1) is 11.0. The average molecular weight is 334 g/mol. The van der Waals surface area contributed by atoms with Crippen LogP contribution < -0.4 is 5.32 Å². The lowest BCUT2D eigenvalue weighted by Crippen LogP contribution is -2.38. The molecular weight excluding hydrogens is 315 g/mol. The van der Waals surface area contributed by atoms with Gasteiger partial charge in [0.25, 0.3) is 5.91 Å². The van der Waals surface area contributed by atoms with E-state index in [1.807, 2.05) is 6.92 Å². The van der Waals surface area contributed by atoms with Crippen molar-refractivity contribution in [3.8, 4) is 10.6 Å². The predicted octanol–water partition coefficient (Wildman–Crippen LogP) is 3.29. The van der Waals surface area contributed by atoms with Crippen molar-refractivity contribution in [1.82, 2.24) is 10.3 Å². The highest BCUT2D eigenvalue weighted by atomic mass is 32.1. The van der Waals surface area contributed by atoms with Crippen LogP contribution in [-0.2, 0) is 0 Å². The molecule has 0 bridgehead atoms. The number of aliphatic hydroxyl groups excluding tert-OH is 1. The fraction of sp³-hybridized carbons (Fsp3) is 0.412. The molecule has 0 spiro atoms. The first-order valence-corrected chi connectivity index (χ1v) is 8.57. The standard InChI is InChI=1S/C17H19FN2O2S/c1-10-15(16(22)20-13-6-8-14(21)9-7-13)23-17(19-10)11-2-4-12(18)5-3-11/h2-5,13-14,21H,6-9H2,1H3,(H,20,22). The number of aromatic nitrogens is 1. The normalized spacial score (nSPS) is 21.2. The number of carbonyl (C=O) groups excluding carboxylic acids is 1. The minimum absolute atomic E-state index is 0.113. The van der Waals surface area contributed by atoms with Crippen LogP contribution in [0.5, 0.6) is 0 Å². The van der Waals surface area contributed by atoms with Crippen LogP contribution in [0.25, 0.3) is 10.6 Å². The summed E-state index contributed by atoms with van der Waals surface area (Å²) in [6.45, 7) is 1.81. The van der Waals surface area contributed by atoms with Crippen LogP contribution in [0.4, 0.5) is 4.39 Å². The minimum Gasteiger partial charge on any atom is -0.393 e. The fourth-order valence-electron chi connectivity index (χ4n) is 2.79. The maximum absolute atomic E-state index is 13.0. The molecule has 1 aliphatic rings. The van der Waals surface area contributed by atoms with Crippen LogP contribution >= 0.6 is 11.3 Å². The number of hydrogen-bond donors (Lipinski definition) is 2. The Bertz CT molecular complexity index is 691. The first-order valence-electron chi connectivity index (χ1n) is 7.75. The molecule has 0 aliphatic heterocycles. The maximum Gasteiger partial charge on any atom is 0.263 e. The van der Waals surface area contributed by atoms with E-state index in [0.717, 1.165) is 31.2 Å². The Balaban J connectivity index is 1.72. The molecule has 1 aromatic heterocycles. The zero-order valence-corrected chi connectivity index (χ0v) is 13.7. The van der Waals surface area contributed by atoms with Gasteiger partial charge in [-0.25, -0.2) is 9.37 Å². The van der Waals surface area contributed by atoms with E-state index in [1.54, 1.807) is 12.1 Å². The van der Waals surface area contributed by atoms with Crippen molar-refractivity contribution >= 4 is 17.2 Å². The maximum atomic E-state index is 13.0. The molecule has 1 amide bonds. The number of nitrogens with one attached hydrogen (secondary N) is 1. The van der Waals surface area contributed by atoms with Gasteiger partial charge in [0.15, 0.2) is 0 Å². The summed E-state index contributed by atoms with van der Waals surface area (Å²) in [6.07, 6.45) is 2.82. The Hall–Kier alpha value is -1.79. The fourth-order valence-corrected chi connectivity index (χ4v) is 3.77. The van der Waals surface area contributed by atoms with E-state index in [1.165, 1.54) is 23.5 Å². The van der Waals surface area contributed by atoms with Gasteiger partial charge in [-0.2, -0.15) is 0 Å². The van der Waals surface area contributed by atoms with Crippen LogP contribution in [0.2, 0.25) is 0 Å². The number of carbonyl (C=O) groups is 1. The SMILES string of the molecule is Cc1nc(-c2ccc(F)cc2)sc1C(=O)NC1CCC(O)CC1. The Morgan fingerprint density at radius 2 is 1.91 bits per heavy atom. The highest BCUT2D eigenvalue weighted by Gasteiger charge is 2.23. The molecule has 6 heteroatoms. The number of nitrogens with zero attached hydrogens (tertiary/aromatic N) is 1. The number of aryl methyl sites for hydroxylation is 1. The summed E-state index contributed by atoms with van der Waals surface area (Å²) in [4.78, 5) is 17.5. The number of thiazole rings is 1. The third kappa shape index (κ3) is 3.76. The van der Waals surface area contributed by atoms with E-state index in [0.29, 0.717) is 15.6 Å². The first kappa shape index (κ1) is 16.1. The molecule has 3 rings (SSSR count). The Morgan fingerprint density at radius 3 is 2.57 bits per heavy atom. The van der Waals surface area contributed by atoms with E-state index in [4.69, 9.17) is 0 Å². The van der Waals surface area contributed by atoms with Crippen LogP contribution in [0.15, 0.2) is 24.3 Å². The van der Waals surface area contributed by atoms with Gasteiger partial charge in [-0.1, -0.05) is 0 Å². The molecule has 0 atom stereocenters. The zero-order chi connectivity index (χ0) is 16.4. The summed E-state index contributed by atoms with van der Waals surface area (Å²) in [5.74, 6) is -0.408. The smallest absolute Gasteiger partial charge is 0.263 e. The highest BCUT2D eigenvalue weighted by molar-refractivity contribution is 7.17. The van der Waals surface area contributed by atoms with Crippen molar-refractivity contribution in [2.75, 3.05) is 0 Å². The molecule has 1 aliphatic carbocycles. The van der Waals surface area contributed by atoms with Gasteiger partial charge in [0.1, 0.15) is 15.7 Å². The zero-order valence-electron chi connectivity index (χ0n) is 12.9. The monoisotopic (exact) mass is 334 g/mol. The van der Waals surface area contributed by atoms with E-state index in [9.17, 15) is 14.3 Å². The number of halogens is 1. The Morgan fingerprint density at radius 1 is 1.26 bits per heavy atom. The number of amides is 1. The molecule has 0 unspecified atom stereocenters. The lowest BCUT2D eigenvalue weighted by molar-refractivity contribution is 0.0870.